The zero-order chi connectivity index (χ0) is 15.3. The predicted molar refractivity (Wildman–Crippen MR) is 84.7 cm³/mol. The minimum absolute atomic E-state index is 0.0587. The Bertz CT molecular complexity index is 466. The van der Waals surface area contributed by atoms with Crippen molar-refractivity contribution < 1.29 is 4.79 Å². The molecule has 0 fully saturated rings. The SMILES string of the molecule is CCCC(C)(N)C(=O)NC(C)Cc1ccc(C)cc1C. The Kier molecular flexibility index (Phi) is 5.75. The molecule has 0 aromatic heterocycles. The summed E-state index contributed by atoms with van der Waals surface area (Å²) in [6.07, 6.45) is 2.45. The highest BCUT2D eigenvalue weighted by Crippen LogP contribution is 2.14. The number of carbonyl (C=O) groups excluding carboxylic acids is 1. The number of aryl methyl sites for hydroxylation is 2. The minimum atomic E-state index is -0.772. The molecule has 3 nitrogen and oxygen atoms in total. The van der Waals surface area contributed by atoms with Crippen LogP contribution in [0, 0.1) is 13.8 Å². The fourth-order valence-corrected chi connectivity index (χ4v) is 2.48. The van der Waals surface area contributed by atoms with Crippen molar-refractivity contribution in [3.63, 3.8) is 0 Å². The van der Waals surface area contributed by atoms with Gasteiger partial charge in [-0.1, -0.05) is 37.1 Å². The quantitative estimate of drug-likeness (QED) is 0.839. The second-order valence-corrected chi connectivity index (χ2v) is 6.18. The molecule has 112 valence electrons. The van der Waals surface area contributed by atoms with Crippen molar-refractivity contribution in [2.75, 3.05) is 0 Å². The van der Waals surface area contributed by atoms with Crippen LogP contribution in [0.25, 0.3) is 0 Å². The predicted octanol–water partition coefficient (Wildman–Crippen LogP) is 2.87. The molecule has 0 aliphatic heterocycles. The monoisotopic (exact) mass is 276 g/mol. The summed E-state index contributed by atoms with van der Waals surface area (Å²) in [4.78, 5) is 12.2. The van der Waals surface area contributed by atoms with Crippen molar-refractivity contribution in [1.82, 2.24) is 5.32 Å². The van der Waals surface area contributed by atoms with Crippen LogP contribution in [-0.2, 0) is 11.2 Å². The third-order valence-corrected chi connectivity index (χ3v) is 3.69. The molecule has 0 aliphatic rings. The van der Waals surface area contributed by atoms with Gasteiger partial charge < -0.3 is 11.1 Å². The Morgan fingerprint density at radius 2 is 2.05 bits per heavy atom. The molecular weight excluding hydrogens is 248 g/mol. The first-order chi connectivity index (χ1) is 9.26. The highest BCUT2D eigenvalue weighted by molar-refractivity contribution is 5.85. The van der Waals surface area contributed by atoms with Gasteiger partial charge in [0.25, 0.3) is 0 Å². The smallest absolute Gasteiger partial charge is 0.240 e. The maximum Gasteiger partial charge on any atom is 0.240 e. The molecule has 1 aromatic rings. The number of carbonyl (C=O) groups is 1. The van der Waals surface area contributed by atoms with Gasteiger partial charge in [0.15, 0.2) is 0 Å². The molecule has 0 heterocycles. The Labute approximate surface area is 122 Å². The van der Waals surface area contributed by atoms with E-state index in [4.69, 9.17) is 5.73 Å². The van der Waals surface area contributed by atoms with E-state index >= 15 is 0 Å². The van der Waals surface area contributed by atoms with E-state index < -0.39 is 5.54 Å². The number of nitrogens with two attached hydrogens (primary N) is 1. The normalized spacial score (nSPS) is 15.5. The Morgan fingerprint density at radius 1 is 1.40 bits per heavy atom. The fraction of sp³-hybridized carbons (Fsp3) is 0.588. The summed E-state index contributed by atoms with van der Waals surface area (Å²) in [5.74, 6) is -0.0587. The minimum Gasteiger partial charge on any atom is -0.352 e. The van der Waals surface area contributed by atoms with Gasteiger partial charge >= 0.3 is 0 Å². The zero-order valence-corrected chi connectivity index (χ0v) is 13.4. The summed E-state index contributed by atoms with van der Waals surface area (Å²) in [7, 11) is 0. The van der Waals surface area contributed by atoms with Gasteiger partial charge in [0.05, 0.1) is 5.54 Å². The van der Waals surface area contributed by atoms with Crippen molar-refractivity contribution >= 4 is 5.91 Å². The van der Waals surface area contributed by atoms with Gasteiger partial charge in [0.1, 0.15) is 0 Å². The van der Waals surface area contributed by atoms with E-state index in [2.05, 4.69) is 37.4 Å². The summed E-state index contributed by atoms with van der Waals surface area (Å²) in [6, 6.07) is 6.51. The Morgan fingerprint density at radius 3 is 2.60 bits per heavy atom. The van der Waals surface area contributed by atoms with Gasteiger partial charge in [-0.15, -0.1) is 0 Å². The van der Waals surface area contributed by atoms with Crippen LogP contribution in [0.2, 0.25) is 0 Å². The Hall–Kier alpha value is -1.35. The van der Waals surface area contributed by atoms with Crippen LogP contribution in [0.4, 0.5) is 0 Å². The molecule has 2 unspecified atom stereocenters. The van der Waals surface area contributed by atoms with E-state index in [9.17, 15) is 4.79 Å². The van der Waals surface area contributed by atoms with Crippen molar-refractivity contribution in [1.29, 1.82) is 0 Å². The number of benzene rings is 1. The summed E-state index contributed by atoms with van der Waals surface area (Å²) >= 11 is 0. The zero-order valence-electron chi connectivity index (χ0n) is 13.4. The first kappa shape index (κ1) is 16.7. The van der Waals surface area contributed by atoms with E-state index in [0.29, 0.717) is 6.42 Å². The molecular formula is C17H28N2O. The van der Waals surface area contributed by atoms with Gasteiger partial charge in [0, 0.05) is 6.04 Å². The van der Waals surface area contributed by atoms with E-state index in [-0.39, 0.29) is 11.9 Å². The van der Waals surface area contributed by atoms with Gasteiger partial charge in [-0.3, -0.25) is 4.79 Å². The topological polar surface area (TPSA) is 55.1 Å². The molecule has 0 spiro atoms. The average molecular weight is 276 g/mol. The number of amides is 1. The van der Waals surface area contributed by atoms with Crippen molar-refractivity contribution in [2.24, 2.45) is 5.73 Å². The summed E-state index contributed by atoms with van der Waals surface area (Å²) < 4.78 is 0. The van der Waals surface area contributed by atoms with Crippen molar-refractivity contribution in [3.8, 4) is 0 Å². The van der Waals surface area contributed by atoms with Crippen LogP contribution in [0.3, 0.4) is 0 Å². The fourth-order valence-electron chi connectivity index (χ4n) is 2.48. The van der Waals surface area contributed by atoms with Gasteiger partial charge in [-0.25, -0.2) is 0 Å². The number of hydrogen-bond acceptors (Lipinski definition) is 2. The molecule has 1 aromatic carbocycles. The maximum atomic E-state index is 12.2. The van der Waals surface area contributed by atoms with E-state index in [0.717, 1.165) is 12.8 Å². The summed E-state index contributed by atoms with van der Waals surface area (Å²) in [5.41, 5.74) is 9.09. The molecule has 2 atom stereocenters. The third kappa shape index (κ3) is 4.64. The molecule has 0 saturated heterocycles. The van der Waals surface area contributed by atoms with Crippen molar-refractivity contribution in [2.45, 2.75) is 65.5 Å². The van der Waals surface area contributed by atoms with Crippen LogP contribution >= 0.6 is 0 Å². The number of rotatable bonds is 6. The molecule has 3 heteroatoms. The molecule has 0 saturated carbocycles. The first-order valence-corrected chi connectivity index (χ1v) is 7.42. The second-order valence-electron chi connectivity index (χ2n) is 6.18. The number of hydrogen-bond donors (Lipinski definition) is 2. The molecule has 1 rings (SSSR count). The van der Waals surface area contributed by atoms with Crippen LogP contribution < -0.4 is 11.1 Å². The highest BCUT2D eigenvalue weighted by Gasteiger charge is 2.28. The Balaban J connectivity index is 2.63. The van der Waals surface area contributed by atoms with E-state index in [1.54, 1.807) is 6.92 Å². The number of nitrogens with one attached hydrogen (secondary N) is 1. The van der Waals surface area contributed by atoms with E-state index in [1.807, 2.05) is 13.8 Å². The lowest BCUT2D eigenvalue weighted by Crippen LogP contribution is -2.53. The van der Waals surface area contributed by atoms with Gasteiger partial charge in [0.2, 0.25) is 5.91 Å². The lowest BCUT2D eigenvalue weighted by atomic mass is 9.95. The summed E-state index contributed by atoms with van der Waals surface area (Å²) in [5, 5.41) is 3.03. The van der Waals surface area contributed by atoms with Crippen molar-refractivity contribution in [3.05, 3.63) is 34.9 Å². The van der Waals surface area contributed by atoms with Crippen LogP contribution in [-0.4, -0.2) is 17.5 Å². The van der Waals surface area contributed by atoms with Gasteiger partial charge in [-0.2, -0.15) is 0 Å². The largest absolute Gasteiger partial charge is 0.352 e. The van der Waals surface area contributed by atoms with Gasteiger partial charge in [-0.05, 0) is 51.7 Å². The average Bonchev–Trinajstić information content (AvgIpc) is 2.32. The molecule has 20 heavy (non-hydrogen) atoms. The highest BCUT2D eigenvalue weighted by atomic mass is 16.2. The molecule has 1 amide bonds. The lowest BCUT2D eigenvalue weighted by molar-refractivity contribution is -0.126. The standard InChI is InChI=1S/C17H28N2O/c1-6-9-17(5,18)16(20)19-14(4)11-15-8-7-12(2)10-13(15)3/h7-8,10,14H,6,9,11,18H2,1-5H3,(H,19,20). The second kappa shape index (κ2) is 6.89. The lowest BCUT2D eigenvalue weighted by Gasteiger charge is -2.25. The van der Waals surface area contributed by atoms with Crippen LogP contribution in [0.5, 0.6) is 0 Å². The molecule has 3 N–H and O–H groups in total. The molecule has 0 radical (unpaired) electrons. The van der Waals surface area contributed by atoms with E-state index in [1.165, 1.54) is 16.7 Å². The molecule has 0 aliphatic carbocycles. The van der Waals surface area contributed by atoms with Crippen LogP contribution in [0.15, 0.2) is 18.2 Å². The summed E-state index contributed by atoms with van der Waals surface area (Å²) in [6.45, 7) is 10.1. The van der Waals surface area contributed by atoms with Crippen LogP contribution in [0.1, 0.15) is 50.3 Å². The first-order valence-electron chi connectivity index (χ1n) is 7.42. The molecule has 0 bridgehead atoms. The maximum absolute atomic E-state index is 12.2. The third-order valence-electron chi connectivity index (χ3n) is 3.69.